The molecule has 104 valence electrons. The van der Waals surface area contributed by atoms with Crippen LogP contribution in [0.2, 0.25) is 0 Å². The van der Waals surface area contributed by atoms with Gasteiger partial charge in [-0.1, -0.05) is 6.07 Å². The van der Waals surface area contributed by atoms with Crippen LogP contribution in [0.25, 0.3) is 10.9 Å². The van der Waals surface area contributed by atoms with Crippen molar-refractivity contribution in [2.75, 3.05) is 0 Å². The molecule has 2 aromatic heterocycles. The number of fused-ring (bicyclic) bond motifs is 1. The van der Waals surface area contributed by atoms with Crippen LogP contribution in [-0.2, 0) is 0 Å². The zero-order valence-corrected chi connectivity index (χ0v) is 11.4. The second-order valence-electron chi connectivity index (χ2n) is 4.15. The fourth-order valence-corrected chi connectivity index (χ4v) is 2.40. The van der Waals surface area contributed by atoms with Gasteiger partial charge in [0, 0.05) is 23.6 Å². The number of nitro benzene ring substituents is 1. The highest BCUT2D eigenvalue weighted by atomic mass is 32.1. The minimum atomic E-state index is -0.498. The maximum Gasteiger partial charge on any atom is 0.355 e. The molecule has 0 spiro atoms. The molecular formula is C14H8N2O4S. The third-order valence-corrected chi connectivity index (χ3v) is 3.63. The fraction of sp³-hybridized carbons (Fsp3) is 0. The molecule has 1 aromatic carbocycles. The molecule has 0 saturated carbocycles. The van der Waals surface area contributed by atoms with E-state index in [1.165, 1.54) is 23.5 Å². The van der Waals surface area contributed by atoms with Crippen LogP contribution in [0.3, 0.4) is 0 Å². The summed E-state index contributed by atoms with van der Waals surface area (Å²) in [6.45, 7) is 0. The van der Waals surface area contributed by atoms with Crippen LogP contribution < -0.4 is 4.74 Å². The Bertz CT molecular complexity index is 830. The van der Waals surface area contributed by atoms with Crippen LogP contribution in [0, 0.1) is 10.1 Å². The molecule has 6 nitrogen and oxygen atoms in total. The number of nitro groups is 1. The maximum absolute atomic E-state index is 11.8. The fourth-order valence-electron chi connectivity index (χ4n) is 1.80. The molecule has 3 rings (SSSR count). The number of non-ortho nitro benzene ring substituents is 1. The van der Waals surface area contributed by atoms with Gasteiger partial charge in [-0.2, -0.15) is 0 Å². The van der Waals surface area contributed by atoms with Crippen molar-refractivity contribution in [3.05, 3.63) is 62.8 Å². The summed E-state index contributed by atoms with van der Waals surface area (Å²) >= 11 is 1.27. The molecule has 0 unspecified atom stereocenters. The van der Waals surface area contributed by atoms with Crippen LogP contribution >= 0.6 is 11.3 Å². The minimum Gasteiger partial charge on any atom is -0.403 e. The Morgan fingerprint density at radius 2 is 2.05 bits per heavy atom. The lowest BCUT2D eigenvalue weighted by molar-refractivity contribution is -0.384. The van der Waals surface area contributed by atoms with Crippen LogP contribution in [0.4, 0.5) is 5.69 Å². The third kappa shape index (κ3) is 2.72. The minimum absolute atomic E-state index is 0.0586. The lowest BCUT2D eigenvalue weighted by Crippen LogP contribution is -2.07. The predicted octanol–water partition coefficient (Wildman–Crippen LogP) is 3.42. The number of ether oxygens (including phenoxy) is 1. The van der Waals surface area contributed by atoms with E-state index in [1.807, 2.05) is 0 Å². The van der Waals surface area contributed by atoms with E-state index in [0.717, 1.165) is 5.39 Å². The molecule has 0 aliphatic carbocycles. The molecule has 0 fully saturated rings. The molecule has 0 aliphatic heterocycles. The highest BCUT2D eigenvalue weighted by Crippen LogP contribution is 2.22. The van der Waals surface area contributed by atoms with E-state index in [4.69, 9.17) is 4.74 Å². The van der Waals surface area contributed by atoms with Gasteiger partial charge in [0.1, 0.15) is 4.88 Å². The molecule has 0 radical (unpaired) electrons. The molecule has 3 aromatic rings. The number of benzene rings is 1. The molecule has 0 bridgehead atoms. The quantitative estimate of drug-likeness (QED) is 0.420. The van der Waals surface area contributed by atoms with E-state index in [-0.39, 0.29) is 11.6 Å². The van der Waals surface area contributed by atoms with E-state index in [1.54, 1.807) is 35.7 Å². The number of carbonyl (C=O) groups is 1. The average molecular weight is 300 g/mol. The van der Waals surface area contributed by atoms with Gasteiger partial charge in [-0.05, 0) is 23.6 Å². The monoisotopic (exact) mass is 300 g/mol. The van der Waals surface area contributed by atoms with Crippen molar-refractivity contribution in [1.29, 1.82) is 0 Å². The Hall–Kier alpha value is -2.80. The van der Waals surface area contributed by atoms with Crippen LogP contribution in [0.5, 0.6) is 5.88 Å². The van der Waals surface area contributed by atoms with Crippen molar-refractivity contribution in [1.82, 2.24) is 4.98 Å². The number of hydrogen-bond acceptors (Lipinski definition) is 6. The van der Waals surface area contributed by atoms with Gasteiger partial charge >= 0.3 is 5.97 Å². The number of rotatable bonds is 3. The molecule has 0 aliphatic rings. The van der Waals surface area contributed by atoms with E-state index >= 15 is 0 Å². The topological polar surface area (TPSA) is 82.3 Å². The maximum atomic E-state index is 11.8. The number of hydrogen-bond donors (Lipinski definition) is 0. The van der Waals surface area contributed by atoms with Gasteiger partial charge in [-0.3, -0.25) is 10.1 Å². The Labute approximate surface area is 122 Å². The number of nitrogens with zero attached hydrogens (tertiary/aromatic N) is 2. The Morgan fingerprint density at radius 3 is 2.76 bits per heavy atom. The lowest BCUT2D eigenvalue weighted by Gasteiger charge is -2.03. The smallest absolute Gasteiger partial charge is 0.355 e. The van der Waals surface area contributed by atoms with Crippen LogP contribution in [-0.4, -0.2) is 15.9 Å². The number of pyridine rings is 1. The summed E-state index contributed by atoms with van der Waals surface area (Å²) in [6, 6.07) is 11.0. The lowest BCUT2D eigenvalue weighted by atomic mass is 10.2. The highest BCUT2D eigenvalue weighted by Gasteiger charge is 2.12. The van der Waals surface area contributed by atoms with E-state index < -0.39 is 10.9 Å². The van der Waals surface area contributed by atoms with Gasteiger partial charge in [0.05, 0.1) is 10.4 Å². The highest BCUT2D eigenvalue weighted by molar-refractivity contribution is 7.12. The SMILES string of the molecule is O=C(Oc1ccc2ccc([N+](=O)[O-])cc2n1)c1cccs1. The summed E-state index contributed by atoms with van der Waals surface area (Å²) in [5.41, 5.74) is 0.345. The van der Waals surface area contributed by atoms with Gasteiger partial charge in [0.15, 0.2) is 0 Å². The Kier molecular flexibility index (Phi) is 3.33. The first kappa shape index (κ1) is 13.2. The van der Waals surface area contributed by atoms with Gasteiger partial charge < -0.3 is 4.74 Å². The zero-order valence-electron chi connectivity index (χ0n) is 10.6. The summed E-state index contributed by atoms with van der Waals surface area (Å²) in [7, 11) is 0. The normalized spacial score (nSPS) is 10.5. The zero-order chi connectivity index (χ0) is 14.8. The van der Waals surface area contributed by atoms with Crippen molar-refractivity contribution in [2.24, 2.45) is 0 Å². The predicted molar refractivity (Wildman–Crippen MR) is 77.7 cm³/mol. The number of aromatic nitrogens is 1. The molecular weight excluding hydrogens is 292 g/mol. The molecule has 0 saturated heterocycles. The standard InChI is InChI=1S/C14H8N2O4S/c17-14(12-2-1-7-21-12)20-13-6-4-9-3-5-10(16(18)19)8-11(9)15-13/h1-8H. The molecule has 7 heteroatoms. The summed E-state index contributed by atoms with van der Waals surface area (Å²) in [5.74, 6) is -0.385. The molecule has 0 amide bonds. The molecule has 0 N–H and O–H groups in total. The van der Waals surface area contributed by atoms with Crippen molar-refractivity contribution in [3.63, 3.8) is 0 Å². The summed E-state index contributed by atoms with van der Waals surface area (Å²) in [5, 5.41) is 13.3. The van der Waals surface area contributed by atoms with E-state index in [0.29, 0.717) is 10.4 Å². The summed E-state index contributed by atoms with van der Waals surface area (Å²) < 4.78 is 5.16. The summed E-state index contributed by atoms with van der Waals surface area (Å²) in [6.07, 6.45) is 0. The first-order valence-electron chi connectivity index (χ1n) is 5.94. The second kappa shape index (κ2) is 5.29. The van der Waals surface area contributed by atoms with Crippen molar-refractivity contribution >= 4 is 33.9 Å². The number of thiophene rings is 1. The molecule has 21 heavy (non-hydrogen) atoms. The molecule has 0 atom stereocenters. The summed E-state index contributed by atoms with van der Waals surface area (Å²) in [4.78, 5) is 26.7. The van der Waals surface area contributed by atoms with Crippen LogP contribution in [0.15, 0.2) is 47.8 Å². The van der Waals surface area contributed by atoms with Crippen molar-refractivity contribution in [2.45, 2.75) is 0 Å². The first-order valence-corrected chi connectivity index (χ1v) is 6.82. The molecule has 2 heterocycles. The van der Waals surface area contributed by atoms with Gasteiger partial charge in [0.2, 0.25) is 5.88 Å². The van der Waals surface area contributed by atoms with Crippen molar-refractivity contribution < 1.29 is 14.5 Å². The average Bonchev–Trinajstić information content (AvgIpc) is 3.00. The number of carbonyl (C=O) groups excluding carboxylic acids is 1. The van der Waals surface area contributed by atoms with Gasteiger partial charge in [0.25, 0.3) is 5.69 Å². The van der Waals surface area contributed by atoms with Crippen LogP contribution in [0.1, 0.15) is 9.67 Å². The first-order chi connectivity index (χ1) is 10.1. The Balaban J connectivity index is 1.92. The van der Waals surface area contributed by atoms with Crippen molar-refractivity contribution in [3.8, 4) is 5.88 Å². The van der Waals surface area contributed by atoms with E-state index in [9.17, 15) is 14.9 Å². The van der Waals surface area contributed by atoms with E-state index in [2.05, 4.69) is 4.98 Å². The van der Waals surface area contributed by atoms with Gasteiger partial charge in [-0.25, -0.2) is 9.78 Å². The largest absolute Gasteiger partial charge is 0.403 e. The van der Waals surface area contributed by atoms with Gasteiger partial charge in [-0.15, -0.1) is 11.3 Å². The Morgan fingerprint density at radius 1 is 1.24 bits per heavy atom. The number of esters is 1. The third-order valence-electron chi connectivity index (χ3n) is 2.78. The second-order valence-corrected chi connectivity index (χ2v) is 5.10.